The Bertz CT molecular complexity index is 990. The average Bonchev–Trinajstić information content (AvgIpc) is 3.39. The maximum atomic E-state index is 12.0. The van der Waals surface area contributed by atoms with E-state index in [1.807, 2.05) is 41.1 Å². The highest BCUT2D eigenvalue weighted by Crippen LogP contribution is 2.37. The van der Waals surface area contributed by atoms with Gasteiger partial charge in [-0.25, -0.2) is 4.98 Å². The minimum Gasteiger partial charge on any atom is -0.469 e. The molecule has 0 fully saturated rings. The number of ketones is 1. The average molecular weight is 415 g/mol. The van der Waals surface area contributed by atoms with Gasteiger partial charge in [0.05, 0.1) is 29.0 Å². The number of carbonyl (C=O) groups excluding carboxylic acids is 2. The van der Waals surface area contributed by atoms with E-state index in [2.05, 4.69) is 15.8 Å². The Kier molecular flexibility index (Phi) is 6.40. The van der Waals surface area contributed by atoms with Crippen molar-refractivity contribution < 1.29 is 14.3 Å². The highest BCUT2D eigenvalue weighted by Gasteiger charge is 2.18. The fraction of sp³-hybridized carbons (Fsp3) is 0.158. The Morgan fingerprint density at radius 3 is 2.52 bits per heavy atom. The van der Waals surface area contributed by atoms with Crippen LogP contribution in [0.25, 0.3) is 21.0 Å². The Morgan fingerprint density at radius 2 is 1.93 bits per heavy atom. The van der Waals surface area contributed by atoms with Gasteiger partial charge in [-0.1, -0.05) is 23.9 Å². The summed E-state index contributed by atoms with van der Waals surface area (Å²) in [4.78, 5) is 29.8. The van der Waals surface area contributed by atoms with E-state index in [0.29, 0.717) is 10.6 Å². The zero-order chi connectivity index (χ0) is 19.2. The van der Waals surface area contributed by atoms with Crippen molar-refractivity contribution in [2.24, 2.45) is 0 Å². The third kappa shape index (κ3) is 4.63. The number of methoxy groups -OCH3 is 1. The molecule has 0 unspecified atom stereocenters. The van der Waals surface area contributed by atoms with Gasteiger partial charge in [0, 0.05) is 10.4 Å². The normalized spacial score (nSPS) is 10.4. The van der Waals surface area contributed by atoms with Crippen molar-refractivity contribution in [3.63, 3.8) is 0 Å². The molecule has 0 atom stereocenters. The van der Waals surface area contributed by atoms with E-state index in [0.717, 1.165) is 21.0 Å². The SMILES string of the molecule is COC(=O)CC(=O)CSc1nc(-c2cccs2)cc(-c2cccs2)c1C#N. The molecule has 136 valence electrons. The Morgan fingerprint density at radius 1 is 1.22 bits per heavy atom. The summed E-state index contributed by atoms with van der Waals surface area (Å²) in [5.74, 6) is -0.786. The van der Waals surface area contributed by atoms with E-state index in [-0.39, 0.29) is 18.0 Å². The molecule has 0 spiro atoms. The molecule has 0 radical (unpaired) electrons. The van der Waals surface area contributed by atoms with E-state index in [4.69, 9.17) is 0 Å². The maximum Gasteiger partial charge on any atom is 0.313 e. The summed E-state index contributed by atoms with van der Waals surface area (Å²) in [5, 5.41) is 14.1. The minimum atomic E-state index is -0.569. The summed E-state index contributed by atoms with van der Waals surface area (Å²) < 4.78 is 4.52. The van der Waals surface area contributed by atoms with Gasteiger partial charge >= 0.3 is 5.97 Å². The van der Waals surface area contributed by atoms with Crippen molar-refractivity contribution in [1.82, 2.24) is 4.98 Å². The molecule has 3 heterocycles. The number of thioether (sulfide) groups is 1. The van der Waals surface area contributed by atoms with E-state index >= 15 is 0 Å². The zero-order valence-electron chi connectivity index (χ0n) is 14.3. The molecule has 0 aliphatic rings. The number of ether oxygens (including phenoxy) is 1. The molecule has 5 nitrogen and oxygen atoms in total. The number of nitrogens with zero attached hydrogens (tertiary/aromatic N) is 2. The van der Waals surface area contributed by atoms with Crippen molar-refractivity contribution in [3.05, 3.63) is 46.7 Å². The molecule has 0 aromatic carbocycles. The molecule has 0 aliphatic carbocycles. The summed E-state index contributed by atoms with van der Waals surface area (Å²) in [5.41, 5.74) is 2.00. The van der Waals surface area contributed by atoms with Crippen LogP contribution in [0.5, 0.6) is 0 Å². The van der Waals surface area contributed by atoms with Crippen molar-refractivity contribution in [1.29, 1.82) is 5.26 Å². The van der Waals surface area contributed by atoms with Crippen LogP contribution >= 0.6 is 34.4 Å². The molecule has 27 heavy (non-hydrogen) atoms. The van der Waals surface area contributed by atoms with Gasteiger partial charge in [0.25, 0.3) is 0 Å². The Hall–Kier alpha value is -2.47. The summed E-state index contributed by atoms with van der Waals surface area (Å²) in [6.07, 6.45) is -0.284. The van der Waals surface area contributed by atoms with E-state index in [1.165, 1.54) is 18.9 Å². The second-order valence-corrected chi connectivity index (χ2v) is 8.24. The predicted octanol–water partition coefficient (Wildman–Crippen LogP) is 4.63. The number of nitriles is 1. The fourth-order valence-electron chi connectivity index (χ4n) is 2.34. The Labute approximate surface area is 168 Å². The van der Waals surface area contributed by atoms with Gasteiger partial charge in [-0.3, -0.25) is 9.59 Å². The highest BCUT2D eigenvalue weighted by atomic mass is 32.2. The first-order valence-electron chi connectivity index (χ1n) is 7.86. The molecule has 0 amide bonds. The second kappa shape index (κ2) is 8.95. The summed E-state index contributed by atoms with van der Waals surface area (Å²) in [6.45, 7) is 0. The first-order valence-corrected chi connectivity index (χ1v) is 10.6. The van der Waals surface area contributed by atoms with Gasteiger partial charge in [-0.05, 0) is 29.0 Å². The summed E-state index contributed by atoms with van der Waals surface area (Å²) in [6, 6.07) is 11.9. The number of hydrogen-bond donors (Lipinski definition) is 0. The zero-order valence-corrected chi connectivity index (χ0v) is 16.7. The molecule has 0 aliphatic heterocycles. The van der Waals surface area contributed by atoms with E-state index in [9.17, 15) is 14.9 Å². The molecule has 3 aromatic rings. The lowest BCUT2D eigenvalue weighted by Gasteiger charge is -2.10. The van der Waals surface area contributed by atoms with Crippen LogP contribution in [0.2, 0.25) is 0 Å². The minimum absolute atomic E-state index is 0.0502. The number of carbonyl (C=O) groups is 2. The van der Waals surface area contributed by atoms with Crippen LogP contribution in [0.1, 0.15) is 12.0 Å². The van der Waals surface area contributed by atoms with E-state index < -0.39 is 5.97 Å². The van der Waals surface area contributed by atoms with Gasteiger partial charge < -0.3 is 4.74 Å². The van der Waals surface area contributed by atoms with E-state index in [1.54, 1.807) is 22.7 Å². The lowest BCUT2D eigenvalue weighted by molar-refractivity contribution is -0.142. The number of pyridine rings is 1. The Balaban J connectivity index is 1.97. The molecule has 0 saturated carbocycles. The molecular formula is C19H14N2O3S3. The van der Waals surface area contributed by atoms with Crippen LogP contribution in [-0.2, 0) is 14.3 Å². The van der Waals surface area contributed by atoms with Crippen LogP contribution < -0.4 is 0 Å². The van der Waals surface area contributed by atoms with Gasteiger partial charge in [0.15, 0.2) is 5.78 Å². The predicted molar refractivity (Wildman–Crippen MR) is 108 cm³/mol. The molecule has 3 rings (SSSR count). The fourth-order valence-corrected chi connectivity index (χ4v) is 4.64. The molecular weight excluding hydrogens is 400 g/mol. The van der Waals surface area contributed by atoms with Gasteiger partial charge in [0.2, 0.25) is 0 Å². The standard InChI is InChI=1S/C19H14N2O3S3/c1-24-18(23)8-12(22)11-27-19-14(10-20)13(16-4-2-6-25-16)9-15(21-19)17-5-3-7-26-17/h2-7,9H,8,11H2,1H3. The molecule has 8 heteroatoms. The molecule has 0 N–H and O–H groups in total. The van der Waals surface area contributed by atoms with Crippen molar-refractivity contribution in [2.45, 2.75) is 11.4 Å². The van der Waals surface area contributed by atoms with Gasteiger partial charge in [-0.2, -0.15) is 5.26 Å². The van der Waals surface area contributed by atoms with Gasteiger partial charge in [-0.15, -0.1) is 22.7 Å². The lowest BCUT2D eigenvalue weighted by Crippen LogP contribution is -2.11. The largest absolute Gasteiger partial charge is 0.469 e. The summed E-state index contributed by atoms with van der Waals surface area (Å²) in [7, 11) is 1.25. The van der Waals surface area contributed by atoms with Crippen molar-refractivity contribution in [3.8, 4) is 27.1 Å². The van der Waals surface area contributed by atoms with Crippen LogP contribution in [0.4, 0.5) is 0 Å². The third-order valence-electron chi connectivity index (χ3n) is 3.60. The van der Waals surface area contributed by atoms with Crippen LogP contribution in [0.15, 0.2) is 46.1 Å². The van der Waals surface area contributed by atoms with Crippen LogP contribution in [0, 0.1) is 11.3 Å². The molecule has 0 bridgehead atoms. The first kappa shape index (κ1) is 19.3. The maximum absolute atomic E-state index is 12.0. The highest BCUT2D eigenvalue weighted by molar-refractivity contribution is 8.00. The number of hydrogen-bond acceptors (Lipinski definition) is 8. The number of rotatable bonds is 7. The monoisotopic (exact) mass is 414 g/mol. The molecule has 0 saturated heterocycles. The number of aromatic nitrogens is 1. The van der Waals surface area contributed by atoms with Crippen LogP contribution in [0.3, 0.4) is 0 Å². The topological polar surface area (TPSA) is 80.1 Å². The number of Topliss-reactive ketones (excluding diaryl/α,β-unsaturated/α-hetero) is 1. The third-order valence-corrected chi connectivity index (χ3v) is 6.43. The molecule has 3 aromatic heterocycles. The first-order chi connectivity index (χ1) is 13.1. The number of thiophene rings is 2. The smallest absolute Gasteiger partial charge is 0.313 e. The van der Waals surface area contributed by atoms with Crippen LogP contribution in [-0.4, -0.2) is 29.6 Å². The van der Waals surface area contributed by atoms with Gasteiger partial charge in [0.1, 0.15) is 17.5 Å². The number of esters is 1. The summed E-state index contributed by atoms with van der Waals surface area (Å²) >= 11 is 4.28. The second-order valence-electron chi connectivity index (χ2n) is 5.38. The quantitative estimate of drug-likeness (QED) is 0.318. The van der Waals surface area contributed by atoms with Crippen molar-refractivity contribution in [2.75, 3.05) is 12.9 Å². The van der Waals surface area contributed by atoms with Crippen molar-refractivity contribution >= 4 is 46.2 Å². The lowest BCUT2D eigenvalue weighted by atomic mass is 10.1.